The molecule has 1 aliphatic rings. The Labute approximate surface area is 202 Å². The number of pyridine rings is 1. The molecule has 6 nitrogen and oxygen atoms in total. The van der Waals surface area contributed by atoms with Crippen molar-refractivity contribution in [1.29, 1.82) is 0 Å². The van der Waals surface area contributed by atoms with Gasteiger partial charge in [0.2, 0.25) is 0 Å². The summed E-state index contributed by atoms with van der Waals surface area (Å²) in [5.74, 6) is 0.454. The first-order chi connectivity index (χ1) is 16.4. The number of hydrogen-bond donors (Lipinski definition) is 1. The molecule has 3 heterocycles. The Morgan fingerprint density at radius 2 is 2.03 bits per heavy atom. The van der Waals surface area contributed by atoms with Crippen LogP contribution in [-0.4, -0.2) is 23.0 Å². The van der Waals surface area contributed by atoms with Gasteiger partial charge in [0.05, 0.1) is 29.0 Å². The Morgan fingerprint density at radius 1 is 1.21 bits per heavy atom. The molecule has 1 atom stereocenters. The number of aromatic nitrogens is 1. The Morgan fingerprint density at radius 3 is 2.79 bits per heavy atom. The molecule has 4 aromatic rings. The van der Waals surface area contributed by atoms with Crippen LogP contribution in [0.2, 0.25) is 0 Å². The summed E-state index contributed by atoms with van der Waals surface area (Å²) in [5, 5.41) is 4.32. The predicted molar refractivity (Wildman–Crippen MR) is 133 cm³/mol. The van der Waals surface area contributed by atoms with E-state index in [0.717, 1.165) is 35.1 Å². The zero-order valence-electron chi connectivity index (χ0n) is 19.4. The number of nitrogens with zero attached hydrogens (tertiary/aromatic N) is 1. The molecular formula is C27H26N2O4S. The van der Waals surface area contributed by atoms with Crippen LogP contribution in [0.5, 0.6) is 0 Å². The summed E-state index contributed by atoms with van der Waals surface area (Å²) in [6, 6.07) is 12.8. The zero-order valence-corrected chi connectivity index (χ0v) is 20.2. The number of anilines is 1. The lowest BCUT2D eigenvalue weighted by atomic mass is 9.88. The fourth-order valence-corrected chi connectivity index (χ4v) is 5.81. The van der Waals surface area contributed by atoms with Gasteiger partial charge in [-0.2, -0.15) is 0 Å². The minimum absolute atomic E-state index is 0.242. The number of carbonyl (C=O) groups excluding carboxylic acids is 2. The van der Waals surface area contributed by atoms with E-state index >= 15 is 0 Å². The summed E-state index contributed by atoms with van der Waals surface area (Å²) in [7, 11) is 0. The lowest BCUT2D eigenvalue weighted by molar-refractivity contribution is 0.0378. The van der Waals surface area contributed by atoms with Gasteiger partial charge in [-0.3, -0.25) is 4.79 Å². The number of para-hydroxylation sites is 1. The largest absolute Gasteiger partial charge is 0.463 e. The van der Waals surface area contributed by atoms with Gasteiger partial charge in [0.1, 0.15) is 10.7 Å². The number of furan rings is 1. The number of carbonyl (C=O) groups is 2. The molecule has 0 bridgehead atoms. The van der Waals surface area contributed by atoms with Crippen LogP contribution in [0.15, 0.2) is 53.1 Å². The summed E-state index contributed by atoms with van der Waals surface area (Å²) in [5.41, 5.74) is 3.26. The Bertz CT molecular complexity index is 1370. The number of nitrogens with one attached hydrogen (secondary N) is 1. The van der Waals surface area contributed by atoms with Gasteiger partial charge in [-0.05, 0) is 68.9 Å². The van der Waals surface area contributed by atoms with Crippen molar-refractivity contribution >= 4 is 39.1 Å². The molecule has 3 aromatic heterocycles. The first-order valence-corrected chi connectivity index (χ1v) is 12.3. The van der Waals surface area contributed by atoms with Crippen molar-refractivity contribution in [3.05, 3.63) is 70.3 Å². The number of esters is 1. The average Bonchev–Trinajstić information content (AvgIpc) is 3.45. The van der Waals surface area contributed by atoms with Crippen molar-refractivity contribution in [2.45, 2.75) is 46.1 Å². The van der Waals surface area contributed by atoms with Gasteiger partial charge >= 0.3 is 5.97 Å². The van der Waals surface area contributed by atoms with Gasteiger partial charge in [-0.15, -0.1) is 11.3 Å². The van der Waals surface area contributed by atoms with Crippen LogP contribution in [0.3, 0.4) is 0 Å². The monoisotopic (exact) mass is 474 g/mol. The summed E-state index contributed by atoms with van der Waals surface area (Å²) in [4.78, 5) is 32.5. The van der Waals surface area contributed by atoms with Crippen LogP contribution < -0.4 is 5.32 Å². The molecule has 5 rings (SSSR count). The fourth-order valence-electron chi connectivity index (χ4n) is 4.41. The third-order valence-electron chi connectivity index (χ3n) is 6.02. The smallest absolute Gasteiger partial charge is 0.341 e. The van der Waals surface area contributed by atoms with Crippen LogP contribution in [0, 0.1) is 5.92 Å². The van der Waals surface area contributed by atoms with E-state index in [1.54, 1.807) is 18.4 Å². The molecule has 34 heavy (non-hydrogen) atoms. The summed E-state index contributed by atoms with van der Waals surface area (Å²) in [6.45, 7) is 5.87. The topological polar surface area (TPSA) is 81.4 Å². The first kappa shape index (κ1) is 22.3. The van der Waals surface area contributed by atoms with Crippen LogP contribution in [0.4, 0.5) is 5.00 Å². The van der Waals surface area contributed by atoms with E-state index in [0.29, 0.717) is 39.0 Å². The maximum Gasteiger partial charge on any atom is 0.341 e. The van der Waals surface area contributed by atoms with Crippen LogP contribution >= 0.6 is 11.3 Å². The average molecular weight is 475 g/mol. The maximum atomic E-state index is 13.6. The first-order valence-electron chi connectivity index (χ1n) is 11.5. The van der Waals surface area contributed by atoms with E-state index in [4.69, 9.17) is 9.15 Å². The van der Waals surface area contributed by atoms with E-state index in [2.05, 4.69) is 17.2 Å². The lowest BCUT2D eigenvalue weighted by Crippen LogP contribution is -2.19. The SMILES string of the molecule is CC(C)OC(=O)c1c(NC(=O)c2cc(-c3ccco3)nc3ccccc23)sc2c1CC[C@@H](C)C2. The highest BCUT2D eigenvalue weighted by atomic mass is 32.1. The number of hydrogen-bond acceptors (Lipinski definition) is 6. The minimum atomic E-state index is -0.381. The third-order valence-corrected chi connectivity index (χ3v) is 7.19. The van der Waals surface area contributed by atoms with E-state index in [9.17, 15) is 9.59 Å². The quantitative estimate of drug-likeness (QED) is 0.334. The standard InChI is InChI=1S/C27H26N2O4S/c1-15(2)33-27(31)24-18-11-10-16(3)13-23(18)34-26(24)29-25(30)19-14-21(22-9-6-12-32-22)28-20-8-5-4-7-17(19)20/h4-9,12,14-16H,10-11,13H2,1-3H3,(H,29,30)/t16-/m1/s1. The molecule has 0 spiro atoms. The molecule has 7 heteroatoms. The second-order valence-electron chi connectivity index (χ2n) is 9.01. The Kier molecular flexibility index (Phi) is 5.96. The number of amides is 1. The molecule has 0 fully saturated rings. The second kappa shape index (κ2) is 9.06. The number of fused-ring (bicyclic) bond motifs is 2. The highest BCUT2D eigenvalue weighted by Gasteiger charge is 2.30. The van der Waals surface area contributed by atoms with Gasteiger partial charge in [-0.1, -0.05) is 25.1 Å². The molecule has 0 saturated carbocycles. The molecule has 174 valence electrons. The van der Waals surface area contributed by atoms with Crippen LogP contribution in [0.1, 0.15) is 58.3 Å². The summed E-state index contributed by atoms with van der Waals surface area (Å²) in [6.07, 6.45) is 4.07. The number of rotatable bonds is 5. The van der Waals surface area contributed by atoms with Crippen LogP contribution in [-0.2, 0) is 17.6 Å². The van der Waals surface area contributed by atoms with Gasteiger partial charge < -0.3 is 14.5 Å². The number of ether oxygens (including phenoxy) is 1. The molecule has 1 N–H and O–H groups in total. The second-order valence-corrected chi connectivity index (χ2v) is 10.1. The zero-order chi connectivity index (χ0) is 23.8. The van der Waals surface area contributed by atoms with E-state index in [1.807, 2.05) is 44.2 Å². The maximum absolute atomic E-state index is 13.6. The van der Waals surface area contributed by atoms with E-state index in [1.165, 1.54) is 11.3 Å². The molecule has 1 aliphatic carbocycles. The van der Waals surface area contributed by atoms with E-state index in [-0.39, 0.29) is 18.0 Å². The molecule has 1 amide bonds. The predicted octanol–water partition coefficient (Wildman–Crippen LogP) is 6.50. The minimum Gasteiger partial charge on any atom is -0.463 e. The molecular weight excluding hydrogens is 448 g/mol. The van der Waals surface area contributed by atoms with Gasteiger partial charge in [0.25, 0.3) is 5.91 Å². The van der Waals surface area contributed by atoms with Crippen LogP contribution in [0.25, 0.3) is 22.4 Å². The number of benzene rings is 1. The molecule has 0 unspecified atom stereocenters. The molecule has 0 aliphatic heterocycles. The van der Waals surface area contributed by atoms with Crippen molar-refractivity contribution in [1.82, 2.24) is 4.98 Å². The van der Waals surface area contributed by atoms with Crippen molar-refractivity contribution in [3.63, 3.8) is 0 Å². The van der Waals surface area contributed by atoms with Crippen molar-refractivity contribution in [2.75, 3.05) is 5.32 Å². The molecule has 0 radical (unpaired) electrons. The van der Waals surface area contributed by atoms with Crippen molar-refractivity contribution in [3.8, 4) is 11.5 Å². The molecule has 1 aromatic carbocycles. The fraction of sp³-hybridized carbons (Fsp3) is 0.296. The van der Waals surface area contributed by atoms with Gasteiger partial charge in [-0.25, -0.2) is 9.78 Å². The third kappa shape index (κ3) is 4.23. The summed E-state index contributed by atoms with van der Waals surface area (Å²) < 4.78 is 11.1. The molecule has 0 saturated heterocycles. The van der Waals surface area contributed by atoms with Gasteiger partial charge in [0, 0.05) is 10.3 Å². The highest BCUT2D eigenvalue weighted by molar-refractivity contribution is 7.17. The Hall–Kier alpha value is -3.45. The number of thiophene rings is 1. The Balaban J connectivity index is 1.57. The van der Waals surface area contributed by atoms with Crippen molar-refractivity contribution < 1.29 is 18.7 Å². The van der Waals surface area contributed by atoms with E-state index < -0.39 is 0 Å². The van der Waals surface area contributed by atoms with Crippen molar-refractivity contribution in [2.24, 2.45) is 5.92 Å². The normalized spacial score (nSPS) is 15.4. The van der Waals surface area contributed by atoms with Gasteiger partial charge in [0.15, 0.2) is 5.76 Å². The lowest BCUT2D eigenvalue weighted by Gasteiger charge is -2.19. The highest BCUT2D eigenvalue weighted by Crippen LogP contribution is 2.40. The summed E-state index contributed by atoms with van der Waals surface area (Å²) >= 11 is 1.48.